The number of sulfone groups is 1. The van der Waals surface area contributed by atoms with E-state index in [0.29, 0.717) is 23.6 Å². The van der Waals surface area contributed by atoms with Crippen LogP contribution in [0.25, 0.3) is 44.2 Å². The Hall–Kier alpha value is -5.00. The summed E-state index contributed by atoms with van der Waals surface area (Å²) >= 11 is 7.11. The molecule has 1 aliphatic heterocycles. The fraction of sp³-hybridized carbons (Fsp3) is 0.353. The number of hydrogen-bond acceptors (Lipinski definition) is 8. The number of halogens is 1. The summed E-state index contributed by atoms with van der Waals surface area (Å²) in [6, 6.07) is 8.16. The first kappa shape index (κ1) is 32.5. The van der Waals surface area contributed by atoms with Crippen LogP contribution in [-0.2, 0) is 16.9 Å². The number of fused-ring (bicyclic) bond motifs is 2. The second-order valence-corrected chi connectivity index (χ2v) is 15.6. The largest absolute Gasteiger partial charge is 0.329 e. The normalized spacial score (nSPS) is 17.8. The molecule has 1 amide bonds. The van der Waals surface area contributed by atoms with Gasteiger partial charge in [-0.25, -0.2) is 18.2 Å². The van der Waals surface area contributed by atoms with Gasteiger partial charge in [-0.3, -0.25) is 19.0 Å². The number of imidazole rings is 1. The molecule has 5 heterocycles. The standard InChI is InChI=1S/C34H35ClN10O3S/c1-19(2)44(34(46)43-16-24(13-36)37-18-43)26-12-25(8-9-49(47,48)17-26)45-21(4)30(31-27-15-38-40-28(27)10-20(3)32(31)35)33(41-45)22-6-7-29-23(11-22)14-39-42(29)5/h6-7,10-11,14-16,18-19,25-26H,8-9,12,17H2,1-5H3,(H,38,40). The van der Waals surface area contributed by atoms with Crippen LogP contribution in [0, 0.1) is 25.2 Å². The van der Waals surface area contributed by atoms with Crippen molar-refractivity contribution in [2.45, 2.75) is 58.7 Å². The number of rotatable bonds is 5. The zero-order valence-electron chi connectivity index (χ0n) is 27.7. The number of benzene rings is 2. The molecule has 7 rings (SSSR count). The lowest BCUT2D eigenvalue weighted by atomic mass is 9.94. The summed E-state index contributed by atoms with van der Waals surface area (Å²) in [6.45, 7) is 7.64. The van der Waals surface area contributed by atoms with E-state index < -0.39 is 21.9 Å². The van der Waals surface area contributed by atoms with Gasteiger partial charge in [0.1, 0.15) is 18.1 Å². The number of carbonyl (C=O) groups excluding carboxylic acids is 1. The van der Waals surface area contributed by atoms with Crippen LogP contribution in [0.2, 0.25) is 5.02 Å². The smallest absolute Gasteiger partial charge is 0.318 e. The SMILES string of the molecule is Cc1cc2[nH]ncc2c(-c2c(-c3ccc4c(cnn4C)c3)nn(C3CCS(=O)(=O)CC(N(C(=O)n4cnc(C#N)c4)C(C)C)C3)c2C)c1Cl. The highest BCUT2D eigenvalue weighted by Crippen LogP contribution is 2.45. The van der Waals surface area contributed by atoms with Crippen LogP contribution in [0.1, 0.15) is 49.7 Å². The molecule has 0 saturated carbocycles. The van der Waals surface area contributed by atoms with Crippen molar-refractivity contribution in [1.29, 1.82) is 5.26 Å². The Morgan fingerprint density at radius 2 is 1.98 bits per heavy atom. The van der Waals surface area contributed by atoms with Crippen molar-refractivity contribution in [2.24, 2.45) is 7.05 Å². The van der Waals surface area contributed by atoms with Gasteiger partial charge >= 0.3 is 6.03 Å². The van der Waals surface area contributed by atoms with E-state index in [0.717, 1.165) is 49.8 Å². The van der Waals surface area contributed by atoms with E-state index in [1.54, 1.807) is 11.1 Å². The highest BCUT2D eigenvalue weighted by Gasteiger charge is 2.38. The first-order valence-corrected chi connectivity index (χ1v) is 18.2. The van der Waals surface area contributed by atoms with Crippen LogP contribution in [-0.4, -0.2) is 82.2 Å². The second kappa shape index (κ2) is 12.2. The Morgan fingerprint density at radius 3 is 2.71 bits per heavy atom. The van der Waals surface area contributed by atoms with Gasteiger partial charge in [-0.2, -0.15) is 20.6 Å². The molecule has 4 aromatic heterocycles. The van der Waals surface area contributed by atoms with Crippen molar-refractivity contribution in [2.75, 3.05) is 11.5 Å². The third-order valence-corrected chi connectivity index (χ3v) is 11.7. The molecule has 0 bridgehead atoms. The van der Waals surface area contributed by atoms with E-state index >= 15 is 0 Å². The summed E-state index contributed by atoms with van der Waals surface area (Å²) < 4.78 is 31.9. The predicted octanol–water partition coefficient (Wildman–Crippen LogP) is 5.82. The van der Waals surface area contributed by atoms with Gasteiger partial charge in [0.25, 0.3) is 0 Å². The monoisotopic (exact) mass is 698 g/mol. The van der Waals surface area contributed by atoms with Crippen molar-refractivity contribution >= 4 is 49.3 Å². The molecular formula is C34H35ClN10O3S. The number of hydrogen-bond donors (Lipinski definition) is 1. The predicted molar refractivity (Wildman–Crippen MR) is 187 cm³/mol. The van der Waals surface area contributed by atoms with Crippen LogP contribution >= 0.6 is 11.6 Å². The number of aryl methyl sites for hydroxylation is 2. The number of nitriles is 1. The number of carbonyl (C=O) groups is 1. The minimum atomic E-state index is -3.53. The van der Waals surface area contributed by atoms with E-state index in [-0.39, 0.29) is 29.3 Å². The molecule has 2 atom stereocenters. The highest BCUT2D eigenvalue weighted by molar-refractivity contribution is 7.91. The summed E-state index contributed by atoms with van der Waals surface area (Å²) in [5.74, 6) is -0.245. The Bertz CT molecular complexity index is 2410. The van der Waals surface area contributed by atoms with Crippen LogP contribution in [0.4, 0.5) is 4.79 Å². The van der Waals surface area contributed by atoms with E-state index in [2.05, 4.69) is 20.3 Å². The first-order chi connectivity index (χ1) is 23.4. The molecule has 6 aromatic rings. The zero-order chi connectivity index (χ0) is 34.8. The lowest BCUT2D eigenvalue weighted by Crippen LogP contribution is -2.49. The molecule has 15 heteroatoms. The van der Waals surface area contributed by atoms with E-state index in [9.17, 15) is 18.5 Å². The summed E-state index contributed by atoms with van der Waals surface area (Å²) in [7, 11) is -1.64. The number of H-pyrrole nitrogens is 1. The molecule has 0 aliphatic carbocycles. The van der Waals surface area contributed by atoms with Crippen LogP contribution < -0.4 is 0 Å². The molecule has 1 aliphatic rings. The van der Waals surface area contributed by atoms with Gasteiger partial charge < -0.3 is 4.90 Å². The Balaban J connectivity index is 1.40. The maximum Gasteiger partial charge on any atom is 0.329 e. The molecule has 2 unspecified atom stereocenters. The molecule has 49 heavy (non-hydrogen) atoms. The van der Waals surface area contributed by atoms with E-state index in [1.165, 1.54) is 17.1 Å². The molecule has 2 aromatic carbocycles. The third kappa shape index (κ3) is 5.66. The van der Waals surface area contributed by atoms with Crippen LogP contribution in [0.3, 0.4) is 0 Å². The minimum absolute atomic E-state index is 0.0548. The number of aromatic nitrogens is 8. The Labute approximate surface area is 288 Å². The van der Waals surface area contributed by atoms with Crippen molar-refractivity contribution in [3.8, 4) is 28.5 Å². The molecule has 252 valence electrons. The quantitative estimate of drug-likeness (QED) is 0.236. The Kier molecular flexibility index (Phi) is 8.07. The lowest BCUT2D eigenvalue weighted by Gasteiger charge is -2.35. The number of aromatic amines is 1. The first-order valence-electron chi connectivity index (χ1n) is 16.0. The van der Waals surface area contributed by atoms with Gasteiger partial charge in [-0.1, -0.05) is 17.7 Å². The van der Waals surface area contributed by atoms with E-state index in [4.69, 9.17) is 16.7 Å². The van der Waals surface area contributed by atoms with Crippen molar-refractivity contribution in [1.82, 2.24) is 44.2 Å². The molecule has 1 saturated heterocycles. The maximum atomic E-state index is 13.8. The van der Waals surface area contributed by atoms with Crippen molar-refractivity contribution < 1.29 is 13.2 Å². The zero-order valence-corrected chi connectivity index (χ0v) is 29.3. The summed E-state index contributed by atoms with van der Waals surface area (Å²) in [5.41, 5.74) is 6.77. The maximum absolute atomic E-state index is 13.8. The van der Waals surface area contributed by atoms with Crippen LogP contribution in [0.15, 0.2) is 49.2 Å². The second-order valence-electron chi connectivity index (χ2n) is 13.0. The summed E-state index contributed by atoms with van der Waals surface area (Å²) in [6.07, 6.45) is 6.88. The van der Waals surface area contributed by atoms with Gasteiger partial charge in [-0.15, -0.1) is 0 Å². The van der Waals surface area contributed by atoms with E-state index in [1.807, 2.05) is 80.6 Å². The molecule has 0 radical (unpaired) electrons. The van der Waals surface area contributed by atoms with Gasteiger partial charge in [0.05, 0.1) is 52.2 Å². The highest BCUT2D eigenvalue weighted by atomic mass is 35.5. The molecule has 1 N–H and O–H groups in total. The fourth-order valence-corrected chi connectivity index (χ4v) is 9.09. The summed E-state index contributed by atoms with van der Waals surface area (Å²) in [5, 5.41) is 28.7. The van der Waals surface area contributed by atoms with Crippen molar-refractivity contribution in [3.05, 3.63) is 71.2 Å². The Morgan fingerprint density at radius 1 is 1.18 bits per heavy atom. The topological polar surface area (TPSA) is 160 Å². The molecule has 1 fully saturated rings. The number of nitrogens with one attached hydrogen (secondary N) is 1. The van der Waals surface area contributed by atoms with Crippen molar-refractivity contribution in [3.63, 3.8) is 0 Å². The molecule has 0 spiro atoms. The minimum Gasteiger partial charge on any atom is -0.318 e. The molecular weight excluding hydrogens is 664 g/mol. The van der Waals surface area contributed by atoms with Gasteiger partial charge in [-0.05, 0) is 64.3 Å². The van der Waals surface area contributed by atoms with Gasteiger partial charge in [0.15, 0.2) is 15.5 Å². The average Bonchev–Trinajstić information content (AvgIpc) is 3.85. The van der Waals surface area contributed by atoms with Gasteiger partial charge in [0.2, 0.25) is 0 Å². The number of amides is 1. The number of nitrogens with zero attached hydrogens (tertiary/aromatic N) is 9. The van der Waals surface area contributed by atoms with Crippen LogP contribution in [0.5, 0.6) is 0 Å². The van der Waals surface area contributed by atoms with Gasteiger partial charge in [0, 0.05) is 52.3 Å². The molecule has 13 nitrogen and oxygen atoms in total. The summed E-state index contributed by atoms with van der Waals surface area (Å²) in [4.78, 5) is 19.4. The fourth-order valence-electron chi connectivity index (χ4n) is 7.16. The third-order valence-electron chi connectivity index (χ3n) is 9.47. The lowest BCUT2D eigenvalue weighted by molar-refractivity contribution is 0.150. The average molecular weight is 699 g/mol.